The van der Waals surface area contributed by atoms with Gasteiger partial charge < -0.3 is 0 Å². The zero-order valence-corrected chi connectivity index (χ0v) is 25.1. The van der Waals surface area contributed by atoms with Gasteiger partial charge in [-0.25, -0.2) is 4.39 Å². The van der Waals surface area contributed by atoms with Gasteiger partial charge in [0, 0.05) is 0 Å². The Hall–Kier alpha value is -3.03. The quantitative estimate of drug-likeness (QED) is 0.340. The van der Waals surface area contributed by atoms with Crippen molar-refractivity contribution in [2.75, 3.05) is 13.6 Å². The number of carbonyl (C=O) groups excluding carboxylic acids is 3. The summed E-state index contributed by atoms with van der Waals surface area (Å²) < 4.78 is 34.8. The summed E-state index contributed by atoms with van der Waals surface area (Å²) >= 11 is 2.26. The maximum absolute atomic E-state index is 14.0. The summed E-state index contributed by atoms with van der Waals surface area (Å²) in [4.78, 5) is 39.7. The maximum atomic E-state index is 14.0. The van der Waals surface area contributed by atoms with Crippen LogP contribution in [0.2, 0.25) is 0 Å². The van der Waals surface area contributed by atoms with Gasteiger partial charge in [-0.2, -0.15) is 0 Å². The van der Waals surface area contributed by atoms with Crippen LogP contribution in [0.3, 0.4) is 0 Å². The van der Waals surface area contributed by atoms with Crippen molar-refractivity contribution in [1.29, 1.82) is 0 Å². The number of benzene rings is 3. The number of ether oxygens (including phenoxy) is 1. The van der Waals surface area contributed by atoms with Crippen molar-refractivity contribution in [1.82, 2.24) is 10.2 Å². The van der Waals surface area contributed by atoms with Crippen molar-refractivity contribution in [3.05, 3.63) is 93.0 Å². The van der Waals surface area contributed by atoms with E-state index in [1.165, 1.54) is 23.1 Å². The van der Waals surface area contributed by atoms with Crippen molar-refractivity contribution in [2.45, 2.75) is 33.4 Å². The normalized spacial score (nSPS) is 11.9. The Labute approximate surface area is 235 Å². The number of hydrogen-bond donors (Lipinski definition) is 1. The molecule has 0 heterocycles. The number of carbonyl (C=O) groups is 3. The molecular formula is C28H28AsBrF2N2O4. The van der Waals surface area contributed by atoms with Gasteiger partial charge >= 0.3 is 202 Å². The topological polar surface area (TPSA) is 75.7 Å². The zero-order chi connectivity index (χ0) is 28.0. The number of amides is 2. The summed E-state index contributed by atoms with van der Waals surface area (Å²) in [6, 6.07) is 13.1. The molecule has 2 unspecified atom stereocenters. The van der Waals surface area contributed by atoms with E-state index in [4.69, 9.17) is 4.74 Å². The summed E-state index contributed by atoms with van der Waals surface area (Å²) in [5.74, 6) is -2.09. The van der Waals surface area contributed by atoms with Gasteiger partial charge in [-0.05, 0) is 12.1 Å². The molecule has 0 spiro atoms. The minimum atomic E-state index is -1.20. The fourth-order valence-corrected chi connectivity index (χ4v) is 6.58. The van der Waals surface area contributed by atoms with Gasteiger partial charge in [0.05, 0.1) is 0 Å². The molecule has 0 aliphatic carbocycles. The first kappa shape index (κ1) is 29.5. The number of aryl methyl sites for hydroxylation is 2. The monoisotopic (exact) mass is 648 g/mol. The predicted octanol–water partition coefficient (Wildman–Crippen LogP) is 3.79. The molecule has 2 atom stereocenters. The van der Waals surface area contributed by atoms with E-state index in [0.29, 0.717) is 0 Å². The molecule has 38 heavy (non-hydrogen) atoms. The van der Waals surface area contributed by atoms with Crippen LogP contribution in [0.5, 0.6) is 5.75 Å². The third-order valence-corrected chi connectivity index (χ3v) is 9.77. The molecule has 0 saturated carbocycles. The van der Waals surface area contributed by atoms with E-state index in [9.17, 15) is 23.2 Å². The van der Waals surface area contributed by atoms with Gasteiger partial charge in [-0.3, -0.25) is 0 Å². The van der Waals surface area contributed by atoms with Crippen LogP contribution in [0, 0.1) is 25.5 Å². The molecule has 0 aliphatic rings. The fraction of sp³-hybridized carbons (Fsp3) is 0.250. The molecule has 0 aromatic heterocycles. The summed E-state index contributed by atoms with van der Waals surface area (Å²) in [6.07, 6.45) is -0.849. The van der Waals surface area contributed by atoms with Crippen LogP contribution < -0.4 is 14.4 Å². The average molecular weight is 649 g/mol. The van der Waals surface area contributed by atoms with Crippen molar-refractivity contribution < 1.29 is 27.9 Å². The predicted molar refractivity (Wildman–Crippen MR) is 147 cm³/mol. The van der Waals surface area contributed by atoms with Crippen molar-refractivity contribution in [3.8, 4) is 5.75 Å². The van der Waals surface area contributed by atoms with Gasteiger partial charge in [0.2, 0.25) is 0 Å². The number of rotatable bonds is 10. The molecule has 2 amide bonds. The fourth-order valence-electron chi connectivity index (χ4n) is 3.70. The molecule has 10 heteroatoms. The minimum absolute atomic E-state index is 0.0488. The average Bonchev–Trinajstić information content (AvgIpc) is 2.86. The Morgan fingerprint density at radius 1 is 1.00 bits per heavy atom. The third-order valence-electron chi connectivity index (χ3n) is 5.76. The molecule has 1 N–H and O–H groups in total. The molecule has 6 nitrogen and oxygen atoms in total. The van der Waals surface area contributed by atoms with Gasteiger partial charge in [0.15, 0.2) is 0 Å². The number of nitrogens with one attached hydrogen (secondary N) is 1. The molecule has 0 fully saturated rings. The third kappa shape index (κ3) is 7.98. The van der Waals surface area contributed by atoms with Crippen molar-refractivity contribution in [3.63, 3.8) is 0 Å². The second-order valence-corrected chi connectivity index (χ2v) is 12.4. The zero-order valence-electron chi connectivity index (χ0n) is 21.4. The smallest absolute Gasteiger partial charge is 0.207 e. The Morgan fingerprint density at radius 3 is 2.24 bits per heavy atom. The summed E-state index contributed by atoms with van der Waals surface area (Å²) in [5.41, 5.74) is 2.65. The van der Waals surface area contributed by atoms with Gasteiger partial charge in [0.25, 0.3) is 0 Å². The van der Waals surface area contributed by atoms with Gasteiger partial charge in [-0.15, -0.1) is 0 Å². The number of hydrogen-bond acceptors (Lipinski definition) is 4. The number of nitrogens with zero attached hydrogens (tertiary/aromatic N) is 1. The van der Waals surface area contributed by atoms with E-state index in [1.807, 2.05) is 26.0 Å². The molecule has 0 aliphatic heterocycles. The first-order valence-electron chi connectivity index (χ1n) is 11.7. The van der Waals surface area contributed by atoms with Crippen LogP contribution in [0.1, 0.15) is 34.0 Å². The number of likely N-dealkylation sites (N-methyl/N-ethyl adjacent to an activating group) is 1. The van der Waals surface area contributed by atoms with Crippen LogP contribution in [-0.4, -0.2) is 56.7 Å². The van der Waals surface area contributed by atoms with Gasteiger partial charge in [0.1, 0.15) is 5.82 Å². The molecule has 3 aromatic carbocycles. The van der Waals surface area contributed by atoms with Crippen LogP contribution >= 0.6 is 15.9 Å². The van der Waals surface area contributed by atoms with E-state index in [1.54, 1.807) is 26.1 Å². The van der Waals surface area contributed by atoms with Crippen LogP contribution in [0.25, 0.3) is 0 Å². The Kier molecular flexibility index (Phi) is 10.2. The molecule has 0 radical (unpaired) electrons. The van der Waals surface area contributed by atoms with Crippen molar-refractivity contribution >= 4 is 52.4 Å². The van der Waals surface area contributed by atoms with E-state index < -0.39 is 39.5 Å². The molecule has 3 aromatic rings. The summed E-state index contributed by atoms with van der Waals surface area (Å²) in [5, 5.41) is 2.49. The van der Waals surface area contributed by atoms with Gasteiger partial charge in [-0.1, -0.05) is 12.1 Å². The molecular weight excluding hydrogens is 621 g/mol. The van der Waals surface area contributed by atoms with E-state index in [-0.39, 0.29) is 34.8 Å². The second kappa shape index (κ2) is 13.2. The molecule has 0 saturated heterocycles. The van der Waals surface area contributed by atoms with Crippen LogP contribution in [-0.2, 0) is 16.1 Å². The molecule has 3 rings (SSSR count). The SMILES string of the molecule is Cc1cc(Br)cc(C)c1[AsH]C(=O)C(C)Oc1ccc(F)cc1C(=O)NCC(=O)N(C)Cc1ccc(F)cc1. The first-order valence-corrected chi connectivity index (χ1v) is 14.6. The Bertz CT molecular complexity index is 1330. The summed E-state index contributed by atoms with van der Waals surface area (Å²) in [6.45, 7) is 5.40. The number of halogens is 3. The van der Waals surface area contributed by atoms with Crippen LogP contribution in [0.4, 0.5) is 8.78 Å². The van der Waals surface area contributed by atoms with Crippen LogP contribution in [0.15, 0.2) is 59.1 Å². The Morgan fingerprint density at radius 2 is 1.61 bits per heavy atom. The first-order chi connectivity index (χ1) is 17.9. The standard InChI is InChI=1S/C28H28AsBrF2N2O4/c1-16-11-20(30)12-17(2)26(16)29-27(36)18(3)38-24-10-9-22(32)13-23(24)28(37)33-14-25(35)34(4)15-19-5-7-21(31)8-6-19/h5-13,18,29H,14-15H2,1-4H3,(H,33,37). The minimum Gasteiger partial charge on any atom is -0.207 e. The molecule has 0 bridgehead atoms. The van der Waals surface area contributed by atoms with E-state index in [2.05, 4.69) is 21.2 Å². The van der Waals surface area contributed by atoms with E-state index >= 15 is 0 Å². The second-order valence-electron chi connectivity index (χ2n) is 8.86. The molecule has 200 valence electrons. The van der Waals surface area contributed by atoms with Crippen molar-refractivity contribution in [2.24, 2.45) is 0 Å². The summed E-state index contributed by atoms with van der Waals surface area (Å²) in [7, 11) is 1.56. The van der Waals surface area contributed by atoms with E-state index in [0.717, 1.165) is 37.6 Å². The Balaban J connectivity index is 1.64.